The number of hydrogen-bond acceptors (Lipinski definition) is 13. The average Bonchev–Trinajstić information content (AvgIpc) is 3.43. The van der Waals surface area contributed by atoms with Gasteiger partial charge in [0.15, 0.2) is 12.5 Å². The summed E-state index contributed by atoms with van der Waals surface area (Å²) in [6.45, 7) is 18.0. The number of nitro groups is 1. The van der Waals surface area contributed by atoms with Gasteiger partial charge < -0.3 is 38.0 Å². The second-order valence-electron chi connectivity index (χ2n) is 16.1. The molecule has 5 rings (SSSR count). The molecule has 18 heteroatoms. The Morgan fingerprint density at radius 2 is 1.53 bits per heavy atom. The van der Waals surface area contributed by atoms with Gasteiger partial charge in [-0.3, -0.25) is 24.5 Å². The van der Waals surface area contributed by atoms with E-state index in [2.05, 4.69) is 4.98 Å². The number of carbonyl (C=O) groups is 1. The van der Waals surface area contributed by atoms with Crippen LogP contribution < -0.4 is 16.0 Å². The summed E-state index contributed by atoms with van der Waals surface area (Å²) in [5, 5.41) is 34.7. The molecule has 312 valence electrons. The molecule has 0 amide bonds. The minimum absolute atomic E-state index is 0.0152. The van der Waals surface area contributed by atoms with E-state index in [0.29, 0.717) is 12.0 Å². The highest BCUT2D eigenvalue weighted by Gasteiger charge is 2.80. The molecule has 57 heavy (non-hydrogen) atoms. The first-order chi connectivity index (χ1) is 26.8. The van der Waals surface area contributed by atoms with E-state index in [1.807, 2.05) is 55.4 Å². The van der Waals surface area contributed by atoms with Gasteiger partial charge in [0.05, 0.1) is 18.1 Å². The molecule has 1 aromatic heterocycles. The molecule has 3 aromatic rings. The molecule has 0 aliphatic carbocycles. The molecule has 3 N–H and O–H groups in total. The van der Waals surface area contributed by atoms with Crippen molar-refractivity contribution in [1.29, 1.82) is 0 Å². The van der Waals surface area contributed by atoms with Crippen molar-refractivity contribution in [2.24, 2.45) is 0 Å². The molecule has 0 bridgehead atoms. The van der Waals surface area contributed by atoms with E-state index < -0.39 is 74.6 Å². The normalized spacial score (nSPS) is 24.5. The predicted octanol–water partition coefficient (Wildman–Crippen LogP) is 5.78. The molecule has 0 spiro atoms. The van der Waals surface area contributed by atoms with Crippen LogP contribution >= 0.6 is 0 Å². The lowest BCUT2D eigenvalue weighted by Gasteiger charge is -2.63. The lowest BCUT2D eigenvalue weighted by molar-refractivity contribution is -0.384. The second-order valence-corrected chi connectivity index (χ2v) is 26.2. The molecule has 6 atom stereocenters. The molecule has 0 saturated carbocycles. The Balaban J connectivity index is 1.33. The van der Waals surface area contributed by atoms with Crippen molar-refractivity contribution in [3.8, 4) is 5.75 Å². The number of fused-ring (bicyclic) bond motifs is 1. The van der Waals surface area contributed by atoms with Gasteiger partial charge in [-0.15, -0.1) is 0 Å². The molecule has 2 aliphatic rings. The van der Waals surface area contributed by atoms with Gasteiger partial charge in [0.2, 0.25) is 16.6 Å². The number of nitrogens with one attached hydrogen (secondary N) is 1. The first kappa shape index (κ1) is 44.1. The lowest BCUT2D eigenvalue weighted by atomic mass is 10.1. The number of aliphatic hydroxyl groups excluding tert-OH is 1. The number of carbonyl (C=O) groups excluding carboxylic acids is 1. The van der Waals surface area contributed by atoms with Gasteiger partial charge in [0.25, 0.3) is 11.2 Å². The van der Waals surface area contributed by atoms with Crippen LogP contribution in [-0.2, 0) is 36.1 Å². The lowest BCUT2D eigenvalue weighted by Crippen LogP contribution is -2.85. The molecule has 2 unspecified atom stereocenters. The number of aliphatic hydroxyl groups is 2. The van der Waals surface area contributed by atoms with Crippen molar-refractivity contribution in [3.05, 3.63) is 103 Å². The van der Waals surface area contributed by atoms with Gasteiger partial charge in [-0.1, -0.05) is 79.7 Å². The van der Waals surface area contributed by atoms with E-state index in [1.165, 1.54) is 29.0 Å². The maximum Gasteiger partial charge on any atom is 0.513 e. The largest absolute Gasteiger partial charge is 0.513 e. The van der Waals surface area contributed by atoms with Gasteiger partial charge in [0, 0.05) is 30.8 Å². The van der Waals surface area contributed by atoms with Gasteiger partial charge in [-0.25, -0.2) is 9.59 Å². The molecule has 2 aromatic carbocycles. The first-order valence-corrected chi connectivity index (χ1v) is 23.5. The SMILES string of the molecule is CC(OCc1ccc(OC(=O)OCCc2ccc([N+](=O)[O-])cc2)cc1)O[C@H]1[C@H](n2ccc(=O)[nH]c2=O)O[C@@H]2C(O)[Si](C(C)C)(C(C)C)O[Si](C(C)C)(C(C)C)[C@@]21O. The number of H-pyrrole nitrogens is 1. The van der Waals surface area contributed by atoms with Crippen molar-refractivity contribution in [2.45, 2.75) is 133 Å². The molecular weight excluding hydrogens is 775 g/mol. The van der Waals surface area contributed by atoms with Crippen LogP contribution in [0.2, 0.25) is 22.2 Å². The third-order valence-corrected chi connectivity index (χ3v) is 24.3. The highest BCUT2D eigenvalue weighted by atomic mass is 28.4. The maximum absolute atomic E-state index is 13.4. The Bertz CT molecular complexity index is 1970. The summed E-state index contributed by atoms with van der Waals surface area (Å²) in [4.78, 5) is 50.3. The second kappa shape index (κ2) is 17.5. The van der Waals surface area contributed by atoms with Crippen LogP contribution in [0.25, 0.3) is 0 Å². The molecule has 16 nitrogen and oxygen atoms in total. The van der Waals surface area contributed by atoms with Crippen molar-refractivity contribution >= 4 is 28.5 Å². The topological polar surface area (TPSA) is 211 Å². The predicted molar refractivity (Wildman–Crippen MR) is 214 cm³/mol. The Labute approximate surface area is 333 Å². The number of aromatic amines is 1. The summed E-state index contributed by atoms with van der Waals surface area (Å²) in [6, 6.07) is 13.7. The third-order valence-electron chi connectivity index (χ3n) is 11.5. The van der Waals surface area contributed by atoms with Crippen molar-refractivity contribution in [2.75, 3.05) is 6.61 Å². The third kappa shape index (κ3) is 8.31. The molecular formula is C39H55N3O13Si2. The van der Waals surface area contributed by atoms with Gasteiger partial charge in [-0.2, -0.15) is 0 Å². The van der Waals surface area contributed by atoms with E-state index >= 15 is 0 Å². The summed E-state index contributed by atoms with van der Waals surface area (Å²) in [5.41, 5.74) is -1.55. The van der Waals surface area contributed by atoms with Crippen LogP contribution in [0, 0.1) is 10.1 Å². The number of aromatic nitrogens is 2. The summed E-state index contributed by atoms with van der Waals surface area (Å²) in [6.07, 6.45) is -3.93. The van der Waals surface area contributed by atoms with E-state index in [-0.39, 0.29) is 46.8 Å². The minimum Gasteiger partial charge on any atom is -0.451 e. The molecule has 3 heterocycles. The molecule has 0 radical (unpaired) electrons. The van der Waals surface area contributed by atoms with Crippen LogP contribution in [0.15, 0.2) is 70.4 Å². The molecule has 2 aliphatic heterocycles. The van der Waals surface area contributed by atoms with Crippen molar-refractivity contribution in [3.63, 3.8) is 0 Å². The van der Waals surface area contributed by atoms with Gasteiger partial charge in [0.1, 0.15) is 28.9 Å². The van der Waals surface area contributed by atoms with Crippen LogP contribution in [0.3, 0.4) is 0 Å². The molecule has 2 saturated heterocycles. The zero-order valence-corrected chi connectivity index (χ0v) is 35.9. The Morgan fingerprint density at radius 1 is 0.930 bits per heavy atom. The van der Waals surface area contributed by atoms with E-state index in [0.717, 1.165) is 5.56 Å². The van der Waals surface area contributed by atoms with Crippen LogP contribution in [0.1, 0.15) is 79.7 Å². The number of hydrogen-bond donors (Lipinski definition) is 3. The number of ether oxygens (including phenoxy) is 5. The van der Waals surface area contributed by atoms with Crippen molar-refractivity contribution in [1.82, 2.24) is 9.55 Å². The smallest absolute Gasteiger partial charge is 0.451 e. The highest BCUT2D eigenvalue weighted by molar-refractivity contribution is 6.93. The van der Waals surface area contributed by atoms with Crippen LogP contribution in [0.5, 0.6) is 5.75 Å². The van der Waals surface area contributed by atoms with Crippen LogP contribution in [0.4, 0.5) is 10.5 Å². The highest BCUT2D eigenvalue weighted by Crippen LogP contribution is 2.60. The Kier molecular flexibility index (Phi) is 13.5. The monoisotopic (exact) mass is 829 g/mol. The quantitative estimate of drug-likeness (QED) is 0.0415. The zero-order chi connectivity index (χ0) is 42.0. The maximum atomic E-state index is 13.4. The number of rotatable bonds is 15. The number of non-ortho nitro benzene ring substituents is 1. The number of nitrogens with zero attached hydrogens (tertiary/aromatic N) is 2. The summed E-state index contributed by atoms with van der Waals surface area (Å²) in [7, 11) is -6.59. The Morgan fingerprint density at radius 3 is 2.07 bits per heavy atom. The average molecular weight is 830 g/mol. The van der Waals surface area contributed by atoms with Crippen LogP contribution in [-0.4, -0.2) is 83.5 Å². The fourth-order valence-electron chi connectivity index (χ4n) is 8.83. The first-order valence-electron chi connectivity index (χ1n) is 19.3. The van der Waals surface area contributed by atoms with Gasteiger partial charge >= 0.3 is 11.8 Å². The van der Waals surface area contributed by atoms with Gasteiger partial charge in [-0.05, 0) is 52.3 Å². The fourth-order valence-corrected chi connectivity index (χ4v) is 24.3. The summed E-state index contributed by atoms with van der Waals surface area (Å²) in [5.74, 6) is 0.232. The fraction of sp³-hybridized carbons (Fsp3) is 0.564. The van der Waals surface area contributed by atoms with E-state index in [4.69, 9.17) is 27.8 Å². The summed E-state index contributed by atoms with van der Waals surface area (Å²) < 4.78 is 38.5. The Hall–Kier alpha value is -4.02. The van der Waals surface area contributed by atoms with Crippen molar-refractivity contribution < 1.29 is 47.7 Å². The zero-order valence-electron chi connectivity index (χ0n) is 33.9. The van der Waals surface area contributed by atoms with E-state index in [1.54, 1.807) is 43.3 Å². The standard InChI is InChI=1S/C39H55N3O13Si2/c1-23(2)56(24(3)4)36(44)34-39(47,57(55-56,25(5)6)26(7)8)33(35(54-34)41-20-18-32(43)40-37(41)45)52-27(9)51-22-29-12-16-31(17-13-29)53-38(46)50-21-19-28-10-14-30(15-11-28)42(48)49/h10-18,20,23-27,33-36,44,47H,19,21-22H2,1-9H3,(H,40,43,45)/t27?,33-,34+,35+,36?,39+/m0/s1. The number of benzene rings is 2. The van der Waals surface area contributed by atoms with E-state index in [9.17, 15) is 34.7 Å². The number of nitro benzene ring substituents is 1. The minimum atomic E-state index is -3.48. The summed E-state index contributed by atoms with van der Waals surface area (Å²) >= 11 is 0. The molecule has 2 fully saturated rings.